The molecule has 0 spiro atoms. The van der Waals surface area contributed by atoms with E-state index in [0.29, 0.717) is 5.75 Å². The molecule has 6 heteroatoms. The molecule has 0 amide bonds. The van der Waals surface area contributed by atoms with E-state index in [4.69, 9.17) is 23.7 Å². The molecule has 0 saturated heterocycles. The first kappa shape index (κ1) is 16.8. The van der Waals surface area contributed by atoms with E-state index in [0.717, 1.165) is 49.1 Å². The summed E-state index contributed by atoms with van der Waals surface area (Å²) in [5, 5.41) is 0. The summed E-state index contributed by atoms with van der Waals surface area (Å²) < 4.78 is 27.4. The molecule has 2 aromatic carbocycles. The average molecular weight is 358 g/mol. The summed E-state index contributed by atoms with van der Waals surface area (Å²) in [5.41, 5.74) is 3.84. The maximum absolute atomic E-state index is 5.54. The number of quaternary nitrogens is 1. The van der Waals surface area contributed by atoms with Gasteiger partial charge in [-0.25, -0.2) is 0 Å². The van der Waals surface area contributed by atoms with E-state index in [2.05, 4.69) is 18.2 Å². The number of rotatable bonds is 5. The van der Waals surface area contributed by atoms with Gasteiger partial charge in [-0.2, -0.15) is 0 Å². The molecule has 0 bridgehead atoms. The molecule has 2 aliphatic rings. The van der Waals surface area contributed by atoms with Gasteiger partial charge in [0.25, 0.3) is 0 Å². The molecule has 0 fully saturated rings. The second-order valence-corrected chi connectivity index (χ2v) is 6.61. The Kier molecular flexibility index (Phi) is 4.51. The number of ether oxygens (including phenoxy) is 5. The smallest absolute Gasteiger partial charge is 0.231 e. The van der Waals surface area contributed by atoms with Crippen LogP contribution in [0.15, 0.2) is 24.3 Å². The monoisotopic (exact) mass is 358 g/mol. The second-order valence-electron chi connectivity index (χ2n) is 6.61. The third-order valence-corrected chi connectivity index (χ3v) is 5.07. The fourth-order valence-electron chi connectivity index (χ4n) is 3.76. The normalized spacial score (nSPS) is 17.6. The molecular weight excluding hydrogens is 334 g/mol. The second kappa shape index (κ2) is 6.96. The third kappa shape index (κ3) is 3.01. The van der Waals surface area contributed by atoms with Crippen LogP contribution in [-0.2, 0) is 19.5 Å². The molecule has 0 aliphatic carbocycles. The van der Waals surface area contributed by atoms with Gasteiger partial charge in [-0.05, 0) is 29.8 Å². The van der Waals surface area contributed by atoms with Crippen LogP contribution in [0.2, 0.25) is 0 Å². The molecule has 2 aliphatic heterocycles. The Morgan fingerprint density at radius 3 is 2.35 bits per heavy atom. The van der Waals surface area contributed by atoms with Crippen molar-refractivity contribution in [3.05, 3.63) is 41.0 Å². The van der Waals surface area contributed by atoms with Crippen molar-refractivity contribution >= 4 is 0 Å². The number of hydrogen-bond donors (Lipinski definition) is 1. The van der Waals surface area contributed by atoms with Crippen molar-refractivity contribution in [3.8, 4) is 28.7 Å². The highest BCUT2D eigenvalue weighted by Gasteiger charge is 2.25. The van der Waals surface area contributed by atoms with Crippen molar-refractivity contribution in [3.63, 3.8) is 0 Å². The highest BCUT2D eigenvalue weighted by Crippen LogP contribution is 2.41. The number of nitrogens with one attached hydrogen (secondary N) is 1. The first-order valence-corrected chi connectivity index (χ1v) is 8.75. The summed E-state index contributed by atoms with van der Waals surface area (Å²) in [5.74, 6) is 3.79. The Morgan fingerprint density at radius 2 is 1.62 bits per heavy atom. The van der Waals surface area contributed by atoms with Gasteiger partial charge in [-0.3, -0.25) is 0 Å². The minimum Gasteiger partial charge on any atom is -0.493 e. The van der Waals surface area contributed by atoms with Crippen LogP contribution in [0.1, 0.15) is 16.7 Å². The molecule has 0 aromatic heterocycles. The summed E-state index contributed by atoms with van der Waals surface area (Å²) in [4.78, 5) is 1.49. The molecule has 6 nitrogen and oxygen atoms in total. The maximum Gasteiger partial charge on any atom is 0.231 e. The number of methoxy groups -OCH3 is 3. The maximum atomic E-state index is 5.54. The predicted molar refractivity (Wildman–Crippen MR) is 95.6 cm³/mol. The molecule has 0 radical (unpaired) electrons. The standard InChI is InChI=1S/C20H23NO5/c1-22-16-8-14-4-5-21(11-15(14)9-17(16)23-2)10-13-6-18(24-3)20-19(7-13)25-12-26-20/h6-9H,4-5,10-12H2,1-3H3/p+1. The van der Waals surface area contributed by atoms with Gasteiger partial charge in [-0.15, -0.1) is 0 Å². The summed E-state index contributed by atoms with van der Waals surface area (Å²) in [6.45, 7) is 3.17. The first-order chi connectivity index (χ1) is 12.7. The SMILES string of the molecule is COc1cc2c(cc1OC)C[NH+](Cc1cc(OC)c3c(c1)OCO3)CC2. The zero-order valence-electron chi connectivity index (χ0n) is 15.4. The van der Waals surface area contributed by atoms with Crippen molar-refractivity contribution in [1.82, 2.24) is 0 Å². The van der Waals surface area contributed by atoms with Crippen molar-refractivity contribution < 1.29 is 28.6 Å². The lowest BCUT2D eigenvalue weighted by atomic mass is 9.98. The highest BCUT2D eigenvalue weighted by atomic mass is 16.7. The number of fused-ring (bicyclic) bond motifs is 2. The highest BCUT2D eigenvalue weighted by molar-refractivity contribution is 5.55. The topological polar surface area (TPSA) is 50.6 Å². The van der Waals surface area contributed by atoms with Crippen LogP contribution >= 0.6 is 0 Å². The zero-order valence-corrected chi connectivity index (χ0v) is 15.4. The van der Waals surface area contributed by atoms with Gasteiger partial charge in [-0.1, -0.05) is 0 Å². The molecule has 2 heterocycles. The predicted octanol–water partition coefficient (Wildman–Crippen LogP) is 1.58. The Hall–Kier alpha value is -2.60. The minimum absolute atomic E-state index is 0.251. The fourth-order valence-corrected chi connectivity index (χ4v) is 3.76. The summed E-state index contributed by atoms with van der Waals surface area (Å²) in [6.07, 6.45) is 1.02. The van der Waals surface area contributed by atoms with E-state index in [9.17, 15) is 0 Å². The van der Waals surface area contributed by atoms with Gasteiger partial charge in [0.15, 0.2) is 23.0 Å². The third-order valence-electron chi connectivity index (χ3n) is 5.07. The fraction of sp³-hybridized carbons (Fsp3) is 0.400. The lowest BCUT2D eigenvalue weighted by Crippen LogP contribution is -3.10. The lowest BCUT2D eigenvalue weighted by Gasteiger charge is -2.27. The van der Waals surface area contributed by atoms with E-state index in [1.54, 1.807) is 21.3 Å². The van der Waals surface area contributed by atoms with Gasteiger partial charge in [0.1, 0.15) is 13.1 Å². The number of benzene rings is 2. The van der Waals surface area contributed by atoms with Gasteiger partial charge >= 0.3 is 0 Å². The van der Waals surface area contributed by atoms with E-state index < -0.39 is 0 Å². The molecule has 4 rings (SSSR count). The Morgan fingerprint density at radius 1 is 0.885 bits per heavy atom. The molecule has 1 atom stereocenters. The minimum atomic E-state index is 0.251. The van der Waals surface area contributed by atoms with E-state index in [1.165, 1.54) is 21.6 Å². The van der Waals surface area contributed by atoms with Crippen molar-refractivity contribution in [2.24, 2.45) is 0 Å². The molecule has 0 saturated carbocycles. The van der Waals surface area contributed by atoms with E-state index in [1.807, 2.05) is 6.07 Å². The summed E-state index contributed by atoms with van der Waals surface area (Å²) in [7, 11) is 5.01. The summed E-state index contributed by atoms with van der Waals surface area (Å²) in [6, 6.07) is 8.31. The van der Waals surface area contributed by atoms with Crippen LogP contribution < -0.4 is 28.6 Å². The lowest BCUT2D eigenvalue weighted by molar-refractivity contribution is -0.929. The molecule has 138 valence electrons. The first-order valence-electron chi connectivity index (χ1n) is 8.75. The van der Waals surface area contributed by atoms with Crippen LogP contribution in [0.5, 0.6) is 28.7 Å². The van der Waals surface area contributed by atoms with Crippen LogP contribution in [0.3, 0.4) is 0 Å². The van der Waals surface area contributed by atoms with Crippen molar-refractivity contribution in [1.29, 1.82) is 0 Å². The molecule has 1 N–H and O–H groups in total. The number of hydrogen-bond acceptors (Lipinski definition) is 5. The van der Waals surface area contributed by atoms with Gasteiger partial charge in [0.2, 0.25) is 12.5 Å². The van der Waals surface area contributed by atoms with Crippen LogP contribution in [0.25, 0.3) is 0 Å². The van der Waals surface area contributed by atoms with Gasteiger partial charge in [0.05, 0.1) is 27.9 Å². The van der Waals surface area contributed by atoms with Crippen molar-refractivity contribution in [2.75, 3.05) is 34.7 Å². The average Bonchev–Trinajstić information content (AvgIpc) is 3.14. The van der Waals surface area contributed by atoms with E-state index >= 15 is 0 Å². The van der Waals surface area contributed by atoms with Crippen LogP contribution in [-0.4, -0.2) is 34.7 Å². The molecule has 26 heavy (non-hydrogen) atoms. The molecule has 2 aromatic rings. The van der Waals surface area contributed by atoms with Gasteiger partial charge < -0.3 is 28.6 Å². The van der Waals surface area contributed by atoms with Crippen LogP contribution in [0.4, 0.5) is 0 Å². The Balaban J connectivity index is 1.55. The van der Waals surface area contributed by atoms with Crippen LogP contribution in [0, 0.1) is 0 Å². The van der Waals surface area contributed by atoms with Crippen molar-refractivity contribution in [2.45, 2.75) is 19.5 Å². The quantitative estimate of drug-likeness (QED) is 0.880. The molecular formula is C20H24NO5+. The summed E-state index contributed by atoms with van der Waals surface area (Å²) >= 11 is 0. The zero-order chi connectivity index (χ0) is 18.1. The molecule has 1 unspecified atom stereocenters. The largest absolute Gasteiger partial charge is 0.493 e. The Labute approximate surface area is 153 Å². The van der Waals surface area contributed by atoms with E-state index in [-0.39, 0.29) is 6.79 Å². The Bertz CT molecular complexity index is 820. The van der Waals surface area contributed by atoms with Gasteiger partial charge in [0, 0.05) is 17.5 Å².